The number of aromatic nitrogens is 2. The van der Waals surface area contributed by atoms with Crippen LogP contribution in [0.4, 0.5) is 0 Å². The lowest BCUT2D eigenvalue weighted by molar-refractivity contribution is 0.0858. The molecule has 1 saturated heterocycles. The Kier molecular flexibility index (Phi) is 5.91. The molecular formula is C23H25N3O3. The van der Waals surface area contributed by atoms with Crippen LogP contribution in [0, 0.1) is 0 Å². The first-order valence-electron chi connectivity index (χ1n) is 9.88. The van der Waals surface area contributed by atoms with Crippen molar-refractivity contribution < 1.29 is 14.3 Å². The Balaban J connectivity index is 1.60. The van der Waals surface area contributed by atoms with Crippen LogP contribution in [0.25, 0.3) is 11.3 Å². The fourth-order valence-corrected chi connectivity index (χ4v) is 3.51. The highest BCUT2D eigenvalue weighted by Crippen LogP contribution is 2.25. The van der Waals surface area contributed by atoms with Crippen molar-refractivity contribution in [2.75, 3.05) is 20.3 Å². The fraction of sp³-hybridized carbons (Fsp3) is 0.304. The van der Waals surface area contributed by atoms with Gasteiger partial charge in [0, 0.05) is 24.9 Å². The van der Waals surface area contributed by atoms with Crippen LogP contribution < -0.4 is 10.1 Å². The molecule has 0 aliphatic carbocycles. The molecule has 29 heavy (non-hydrogen) atoms. The second-order valence-electron chi connectivity index (χ2n) is 7.15. The van der Waals surface area contributed by atoms with Crippen molar-refractivity contribution in [2.45, 2.75) is 25.5 Å². The minimum atomic E-state index is -0.134. The van der Waals surface area contributed by atoms with E-state index in [0.29, 0.717) is 24.3 Å². The van der Waals surface area contributed by atoms with E-state index in [2.05, 4.69) is 5.32 Å². The molecule has 1 aliphatic rings. The van der Waals surface area contributed by atoms with Gasteiger partial charge in [0.15, 0.2) is 0 Å². The first-order valence-corrected chi connectivity index (χ1v) is 9.88. The van der Waals surface area contributed by atoms with Crippen LogP contribution in [0.2, 0.25) is 0 Å². The smallest absolute Gasteiger partial charge is 0.255 e. The average molecular weight is 391 g/mol. The van der Waals surface area contributed by atoms with Crippen LogP contribution in [0.1, 0.15) is 28.8 Å². The summed E-state index contributed by atoms with van der Waals surface area (Å²) < 4.78 is 12.7. The van der Waals surface area contributed by atoms with Crippen molar-refractivity contribution in [2.24, 2.45) is 0 Å². The predicted molar refractivity (Wildman–Crippen MR) is 111 cm³/mol. The summed E-state index contributed by atoms with van der Waals surface area (Å²) in [6.07, 6.45) is 3.95. The van der Waals surface area contributed by atoms with Crippen LogP contribution >= 0.6 is 0 Å². The molecule has 0 radical (unpaired) electrons. The van der Waals surface area contributed by atoms with E-state index in [9.17, 15) is 4.79 Å². The van der Waals surface area contributed by atoms with Crippen LogP contribution in [0.15, 0.2) is 60.8 Å². The van der Waals surface area contributed by atoms with Crippen molar-refractivity contribution in [1.29, 1.82) is 0 Å². The summed E-state index contributed by atoms with van der Waals surface area (Å²) in [6, 6.07) is 17.7. The van der Waals surface area contributed by atoms with Gasteiger partial charge in [0.25, 0.3) is 5.91 Å². The number of hydrogen-bond donors (Lipinski definition) is 1. The van der Waals surface area contributed by atoms with E-state index in [1.807, 2.05) is 65.5 Å². The molecule has 1 aromatic heterocycles. The largest absolute Gasteiger partial charge is 0.497 e. The number of rotatable bonds is 7. The number of amides is 1. The summed E-state index contributed by atoms with van der Waals surface area (Å²) in [7, 11) is 1.63. The van der Waals surface area contributed by atoms with Gasteiger partial charge in [0.2, 0.25) is 0 Å². The Morgan fingerprint density at radius 3 is 2.69 bits per heavy atom. The van der Waals surface area contributed by atoms with Gasteiger partial charge in [0.1, 0.15) is 11.4 Å². The van der Waals surface area contributed by atoms with Crippen molar-refractivity contribution >= 4 is 5.91 Å². The van der Waals surface area contributed by atoms with Crippen LogP contribution in [0.5, 0.6) is 5.75 Å². The molecule has 6 nitrogen and oxygen atoms in total. The van der Waals surface area contributed by atoms with E-state index in [0.717, 1.165) is 36.3 Å². The summed E-state index contributed by atoms with van der Waals surface area (Å²) >= 11 is 0. The van der Waals surface area contributed by atoms with Gasteiger partial charge in [-0.15, -0.1) is 0 Å². The Hall–Kier alpha value is -3.12. The number of nitrogens with one attached hydrogen (secondary N) is 1. The third kappa shape index (κ3) is 4.66. The second kappa shape index (κ2) is 8.92. The van der Waals surface area contributed by atoms with Gasteiger partial charge in [-0.25, -0.2) is 0 Å². The van der Waals surface area contributed by atoms with E-state index in [-0.39, 0.29) is 12.0 Å². The molecule has 1 fully saturated rings. The zero-order valence-electron chi connectivity index (χ0n) is 16.5. The van der Waals surface area contributed by atoms with Gasteiger partial charge >= 0.3 is 0 Å². The first-order chi connectivity index (χ1) is 14.2. The van der Waals surface area contributed by atoms with Crippen molar-refractivity contribution in [3.8, 4) is 17.0 Å². The lowest BCUT2D eigenvalue weighted by Gasteiger charge is -2.10. The molecule has 3 aromatic rings. The van der Waals surface area contributed by atoms with E-state index in [1.54, 1.807) is 7.11 Å². The summed E-state index contributed by atoms with van der Waals surface area (Å²) in [5.41, 5.74) is 3.22. The quantitative estimate of drug-likeness (QED) is 0.669. The zero-order chi connectivity index (χ0) is 20.1. The van der Waals surface area contributed by atoms with Crippen LogP contribution in [-0.4, -0.2) is 42.1 Å². The summed E-state index contributed by atoms with van der Waals surface area (Å²) in [5, 5.41) is 7.72. The summed E-state index contributed by atoms with van der Waals surface area (Å²) in [5.74, 6) is 0.632. The van der Waals surface area contributed by atoms with Crippen molar-refractivity contribution in [3.05, 3.63) is 71.9 Å². The molecule has 0 bridgehead atoms. The number of nitrogens with zero attached hydrogens (tertiary/aromatic N) is 2. The summed E-state index contributed by atoms with van der Waals surface area (Å²) in [4.78, 5) is 12.9. The molecule has 1 amide bonds. The number of ether oxygens (including phenoxy) is 2. The van der Waals surface area contributed by atoms with Crippen LogP contribution in [0.3, 0.4) is 0 Å². The number of carbonyl (C=O) groups excluding carboxylic acids is 1. The Morgan fingerprint density at radius 2 is 2.00 bits per heavy atom. The van der Waals surface area contributed by atoms with E-state index < -0.39 is 0 Å². The van der Waals surface area contributed by atoms with Gasteiger partial charge in [-0.05, 0) is 42.7 Å². The normalized spacial score (nSPS) is 16.0. The van der Waals surface area contributed by atoms with Crippen molar-refractivity contribution in [1.82, 2.24) is 15.1 Å². The maximum absolute atomic E-state index is 12.9. The minimum Gasteiger partial charge on any atom is -0.497 e. The van der Waals surface area contributed by atoms with Gasteiger partial charge < -0.3 is 14.8 Å². The molecule has 1 aliphatic heterocycles. The molecule has 0 spiro atoms. The maximum atomic E-state index is 12.9. The molecule has 1 atom stereocenters. The standard InChI is InChI=1S/C23H25N3O3/c1-28-19-11-9-18(10-12-19)22-21(23(27)24-14-20-8-5-13-29-20)16-26(25-22)15-17-6-3-2-4-7-17/h2-4,6-7,9-12,16,20H,5,8,13-15H2,1H3,(H,24,27)/t20-/m0/s1. The minimum absolute atomic E-state index is 0.0998. The number of hydrogen-bond acceptors (Lipinski definition) is 4. The molecule has 6 heteroatoms. The highest BCUT2D eigenvalue weighted by atomic mass is 16.5. The Labute approximate surface area is 170 Å². The average Bonchev–Trinajstić information content (AvgIpc) is 3.43. The summed E-state index contributed by atoms with van der Waals surface area (Å²) in [6.45, 7) is 1.89. The first kappa shape index (κ1) is 19.2. The molecule has 1 N–H and O–H groups in total. The molecule has 0 saturated carbocycles. The van der Waals surface area contributed by atoms with Gasteiger partial charge in [-0.1, -0.05) is 30.3 Å². The molecule has 2 aromatic carbocycles. The Bertz CT molecular complexity index is 945. The zero-order valence-corrected chi connectivity index (χ0v) is 16.5. The fourth-order valence-electron chi connectivity index (χ4n) is 3.51. The lowest BCUT2D eigenvalue weighted by Crippen LogP contribution is -2.31. The van der Waals surface area contributed by atoms with Crippen molar-refractivity contribution in [3.63, 3.8) is 0 Å². The number of carbonyl (C=O) groups is 1. The van der Waals surface area contributed by atoms with Gasteiger partial charge in [-0.2, -0.15) is 5.10 Å². The topological polar surface area (TPSA) is 65.4 Å². The van der Waals surface area contributed by atoms with E-state index in [1.165, 1.54) is 0 Å². The maximum Gasteiger partial charge on any atom is 0.255 e. The van der Waals surface area contributed by atoms with E-state index >= 15 is 0 Å². The molecule has 2 heterocycles. The Morgan fingerprint density at radius 1 is 1.21 bits per heavy atom. The number of methoxy groups -OCH3 is 1. The SMILES string of the molecule is COc1ccc(-c2nn(Cc3ccccc3)cc2C(=O)NC[C@@H]2CCCO2)cc1. The number of benzene rings is 2. The van der Waals surface area contributed by atoms with E-state index in [4.69, 9.17) is 14.6 Å². The third-order valence-electron chi connectivity index (χ3n) is 5.07. The second-order valence-corrected chi connectivity index (χ2v) is 7.15. The van der Waals surface area contributed by atoms with Crippen LogP contribution in [-0.2, 0) is 11.3 Å². The highest BCUT2D eigenvalue weighted by molar-refractivity contribution is 5.99. The predicted octanol–water partition coefficient (Wildman–Crippen LogP) is 3.52. The third-order valence-corrected chi connectivity index (χ3v) is 5.07. The monoisotopic (exact) mass is 391 g/mol. The lowest BCUT2D eigenvalue weighted by atomic mass is 10.1. The molecule has 0 unspecified atom stereocenters. The molecular weight excluding hydrogens is 366 g/mol. The highest BCUT2D eigenvalue weighted by Gasteiger charge is 2.21. The molecule has 4 rings (SSSR count). The van der Waals surface area contributed by atoms with Gasteiger partial charge in [-0.3, -0.25) is 9.48 Å². The molecule has 150 valence electrons. The van der Waals surface area contributed by atoms with Gasteiger partial charge in [0.05, 0.1) is 25.3 Å².